The SMILES string of the molecule is CSCCN=[N+]=[N-].[HH].[HH].[HH].[HH]. The smallest absolute Gasteiger partial charge is 0.0348 e. The first-order valence-corrected chi connectivity index (χ1v) is 3.31. The molecule has 0 saturated heterocycles. The molecule has 48 valence electrons. The number of hydrogen-bond acceptors (Lipinski definition) is 2. The molecule has 0 unspecified atom stereocenters. The number of rotatable bonds is 3. The summed E-state index contributed by atoms with van der Waals surface area (Å²) in [4.78, 5) is 2.58. The van der Waals surface area contributed by atoms with E-state index in [-0.39, 0.29) is 5.71 Å². The normalized spacial score (nSPS) is 7.57. The summed E-state index contributed by atoms with van der Waals surface area (Å²) in [6.45, 7) is 0.609. The van der Waals surface area contributed by atoms with Crippen molar-refractivity contribution in [1.29, 1.82) is 0 Å². The lowest BCUT2D eigenvalue weighted by Gasteiger charge is -1.81. The number of hydrogen-bond donors (Lipinski definition) is 0. The molecule has 0 rings (SSSR count). The molecule has 0 saturated carbocycles. The largest absolute Gasteiger partial charge is 0.165 e. The van der Waals surface area contributed by atoms with E-state index in [1.807, 2.05) is 6.26 Å². The summed E-state index contributed by atoms with van der Waals surface area (Å²) in [5.41, 5.74) is 7.74. The van der Waals surface area contributed by atoms with E-state index in [1.54, 1.807) is 11.8 Å². The van der Waals surface area contributed by atoms with Crippen LogP contribution in [-0.4, -0.2) is 18.6 Å². The lowest BCUT2D eigenvalue weighted by atomic mass is 10.8. The first kappa shape index (κ1) is 6.66. The lowest BCUT2D eigenvalue weighted by molar-refractivity contribution is 1.12. The third-order valence-corrected chi connectivity index (χ3v) is 1.05. The summed E-state index contributed by atoms with van der Waals surface area (Å²) in [5, 5.41) is 3.32. The van der Waals surface area contributed by atoms with E-state index in [0.29, 0.717) is 6.54 Å². The first-order chi connectivity index (χ1) is 3.41. The molecule has 0 heterocycles. The van der Waals surface area contributed by atoms with Gasteiger partial charge in [0, 0.05) is 17.2 Å². The van der Waals surface area contributed by atoms with Crippen LogP contribution in [0.4, 0.5) is 0 Å². The Hall–Kier alpha value is -0.340. The third-order valence-electron chi connectivity index (χ3n) is 0.459. The Morgan fingerprint density at radius 3 is 3.14 bits per heavy atom. The average molecular weight is 125 g/mol. The van der Waals surface area contributed by atoms with Gasteiger partial charge < -0.3 is 0 Å². The van der Waals surface area contributed by atoms with Gasteiger partial charge >= 0.3 is 0 Å². The van der Waals surface area contributed by atoms with E-state index in [9.17, 15) is 0 Å². The summed E-state index contributed by atoms with van der Waals surface area (Å²) in [6, 6.07) is 0. The van der Waals surface area contributed by atoms with Crippen molar-refractivity contribution in [3.05, 3.63) is 10.4 Å². The summed E-state index contributed by atoms with van der Waals surface area (Å²) in [5.74, 6) is 0.921. The highest BCUT2D eigenvalue weighted by molar-refractivity contribution is 7.98. The predicted octanol–water partition coefficient (Wildman–Crippen LogP) is 2.64. The van der Waals surface area contributed by atoms with Crippen LogP contribution in [0.3, 0.4) is 0 Å². The lowest BCUT2D eigenvalue weighted by Crippen LogP contribution is -1.78. The fourth-order valence-electron chi connectivity index (χ4n) is 0.177. The Morgan fingerprint density at radius 2 is 2.71 bits per heavy atom. The second-order valence-electron chi connectivity index (χ2n) is 0.947. The highest BCUT2D eigenvalue weighted by Crippen LogP contribution is 1.88. The Morgan fingerprint density at radius 1 is 2.00 bits per heavy atom. The molecule has 0 aromatic carbocycles. The highest BCUT2D eigenvalue weighted by atomic mass is 32.2. The van der Waals surface area contributed by atoms with Crippen LogP contribution < -0.4 is 0 Å². The minimum absolute atomic E-state index is 0. The summed E-state index contributed by atoms with van der Waals surface area (Å²) < 4.78 is 0. The van der Waals surface area contributed by atoms with Gasteiger partial charge in [0.05, 0.1) is 0 Å². The minimum atomic E-state index is 0. The Labute approximate surface area is 52.7 Å². The third kappa shape index (κ3) is 5.66. The Bertz CT molecular complexity index is 86.7. The molecule has 7 heavy (non-hydrogen) atoms. The van der Waals surface area contributed by atoms with Crippen LogP contribution in [0.5, 0.6) is 0 Å². The van der Waals surface area contributed by atoms with Gasteiger partial charge in [0.2, 0.25) is 0 Å². The maximum Gasteiger partial charge on any atom is 0.0348 e. The van der Waals surface area contributed by atoms with E-state index in [2.05, 4.69) is 10.0 Å². The van der Waals surface area contributed by atoms with Gasteiger partial charge in [-0.15, -0.1) is 0 Å². The zero-order valence-electron chi connectivity index (χ0n) is 4.16. The molecule has 0 amide bonds. The van der Waals surface area contributed by atoms with Gasteiger partial charge in [0.1, 0.15) is 0 Å². The van der Waals surface area contributed by atoms with E-state index in [1.165, 1.54) is 0 Å². The molecule has 3 nitrogen and oxygen atoms in total. The Kier molecular flexibility index (Phi) is 5.39. The molecule has 0 bridgehead atoms. The monoisotopic (exact) mass is 125 g/mol. The maximum absolute atomic E-state index is 7.74. The van der Waals surface area contributed by atoms with Gasteiger partial charge in [-0.3, -0.25) is 0 Å². The highest BCUT2D eigenvalue weighted by Gasteiger charge is 1.73. The molecule has 0 spiro atoms. The van der Waals surface area contributed by atoms with E-state index in [0.717, 1.165) is 5.75 Å². The molecular weight excluding hydrogens is 110 g/mol. The van der Waals surface area contributed by atoms with Crippen molar-refractivity contribution in [3.8, 4) is 0 Å². The topological polar surface area (TPSA) is 48.8 Å². The standard InChI is InChI=1S/C3H7N3S.4H2/c1-7-3-2-5-6-4;;;;/h2-3H2,1H3;4*1H. The van der Waals surface area contributed by atoms with Crippen molar-refractivity contribution in [3.63, 3.8) is 0 Å². The van der Waals surface area contributed by atoms with Crippen LogP contribution in [-0.2, 0) is 0 Å². The van der Waals surface area contributed by atoms with E-state index in [4.69, 9.17) is 5.53 Å². The van der Waals surface area contributed by atoms with Crippen molar-refractivity contribution >= 4 is 11.8 Å². The van der Waals surface area contributed by atoms with Gasteiger partial charge in [-0.2, -0.15) is 11.8 Å². The van der Waals surface area contributed by atoms with Crippen LogP contribution >= 0.6 is 11.8 Å². The molecule has 0 aromatic rings. The van der Waals surface area contributed by atoms with Gasteiger partial charge in [-0.1, -0.05) is 5.11 Å². The molecule has 0 aliphatic rings. The maximum atomic E-state index is 7.74. The van der Waals surface area contributed by atoms with Crippen molar-refractivity contribution < 1.29 is 5.71 Å². The van der Waals surface area contributed by atoms with Crippen molar-refractivity contribution in [2.24, 2.45) is 5.11 Å². The molecule has 0 atom stereocenters. The molecule has 0 aliphatic heterocycles. The van der Waals surface area contributed by atoms with E-state index >= 15 is 0 Å². The number of thioether (sulfide) groups is 1. The zero-order valence-corrected chi connectivity index (χ0v) is 4.98. The fourth-order valence-corrected chi connectivity index (χ4v) is 0.441. The van der Waals surface area contributed by atoms with Crippen molar-refractivity contribution in [2.45, 2.75) is 0 Å². The fraction of sp³-hybridized carbons (Fsp3) is 1.00. The molecule has 0 aliphatic carbocycles. The summed E-state index contributed by atoms with van der Waals surface area (Å²) in [7, 11) is 0. The molecule has 0 radical (unpaired) electrons. The van der Waals surface area contributed by atoms with Crippen LogP contribution in [0.15, 0.2) is 5.11 Å². The van der Waals surface area contributed by atoms with Gasteiger partial charge in [0.15, 0.2) is 0 Å². The second kappa shape index (κ2) is 5.66. The van der Waals surface area contributed by atoms with Gasteiger partial charge in [0.25, 0.3) is 0 Å². The quantitative estimate of drug-likeness (QED) is 0.247. The molecule has 0 aromatic heterocycles. The number of nitrogens with zero attached hydrogens (tertiary/aromatic N) is 3. The van der Waals surface area contributed by atoms with E-state index < -0.39 is 0 Å². The summed E-state index contributed by atoms with van der Waals surface area (Å²) >= 11 is 1.68. The van der Waals surface area contributed by atoms with Crippen LogP contribution in [0.2, 0.25) is 0 Å². The number of azide groups is 1. The molecule has 0 fully saturated rings. The predicted molar refractivity (Wildman–Crippen MR) is 40.9 cm³/mol. The zero-order chi connectivity index (χ0) is 5.54. The van der Waals surface area contributed by atoms with Crippen LogP contribution in [0.25, 0.3) is 10.4 Å². The molecule has 4 heteroatoms. The van der Waals surface area contributed by atoms with Crippen LogP contribution in [0, 0.1) is 0 Å². The molecular formula is C3H15N3S. The molecule has 0 N–H and O–H groups in total. The first-order valence-electron chi connectivity index (χ1n) is 1.91. The summed E-state index contributed by atoms with van der Waals surface area (Å²) in [6.07, 6.45) is 1.98. The average Bonchev–Trinajstić information content (AvgIpc) is 1.69. The van der Waals surface area contributed by atoms with Crippen LogP contribution in [0.1, 0.15) is 5.71 Å². The van der Waals surface area contributed by atoms with Crippen molar-refractivity contribution in [2.75, 3.05) is 18.6 Å². The minimum Gasteiger partial charge on any atom is -0.165 e. The Balaban J connectivity index is -0.0000000300. The second-order valence-corrected chi connectivity index (χ2v) is 1.93. The van der Waals surface area contributed by atoms with Gasteiger partial charge in [-0.05, 0) is 17.5 Å². The van der Waals surface area contributed by atoms with Gasteiger partial charge in [-0.25, -0.2) is 0 Å². The van der Waals surface area contributed by atoms with Crippen molar-refractivity contribution in [1.82, 2.24) is 0 Å².